The molecule has 1 aliphatic heterocycles. The molecule has 1 fully saturated rings. The summed E-state index contributed by atoms with van der Waals surface area (Å²) >= 11 is 0. The Balaban J connectivity index is 1.70. The van der Waals surface area contributed by atoms with Gasteiger partial charge in [0.15, 0.2) is 6.61 Å². The molecule has 2 rings (SSSR count). The standard InChI is InChI=1S/C20H28N4O5/c1-20(2,3)23-18(26)19(27)24-22-11-14-6-8-15(9-7-14)29-13-17(25)21-12-16-5-4-10-28-16/h6-9,11,16H,4-5,10,12-13H2,1-3H3,(H,21,25)(H,23,26)(H,24,27)/b22-11-/t16-/m0/s1. The van der Waals surface area contributed by atoms with E-state index in [-0.39, 0.29) is 18.6 Å². The predicted octanol–water partition coefficient (Wildman–Crippen LogP) is 0.725. The van der Waals surface area contributed by atoms with Gasteiger partial charge in [-0.05, 0) is 63.4 Å². The molecule has 158 valence electrons. The van der Waals surface area contributed by atoms with Crippen molar-refractivity contribution in [2.24, 2.45) is 5.10 Å². The van der Waals surface area contributed by atoms with Crippen LogP contribution in [0.3, 0.4) is 0 Å². The minimum Gasteiger partial charge on any atom is -0.484 e. The summed E-state index contributed by atoms with van der Waals surface area (Å²) < 4.78 is 10.9. The third-order valence-electron chi connectivity index (χ3n) is 3.88. The molecule has 1 heterocycles. The van der Waals surface area contributed by atoms with E-state index in [2.05, 4.69) is 21.2 Å². The first-order valence-corrected chi connectivity index (χ1v) is 9.50. The average Bonchev–Trinajstić information content (AvgIpc) is 3.18. The van der Waals surface area contributed by atoms with Gasteiger partial charge in [-0.25, -0.2) is 5.43 Å². The zero-order valence-electron chi connectivity index (χ0n) is 17.0. The molecule has 1 atom stereocenters. The molecule has 1 aliphatic rings. The molecule has 3 amide bonds. The largest absolute Gasteiger partial charge is 0.484 e. The Morgan fingerprint density at radius 3 is 2.55 bits per heavy atom. The van der Waals surface area contributed by atoms with Crippen molar-refractivity contribution < 1.29 is 23.9 Å². The van der Waals surface area contributed by atoms with Gasteiger partial charge in [0.05, 0.1) is 12.3 Å². The molecule has 1 aromatic carbocycles. The fourth-order valence-corrected chi connectivity index (χ4v) is 2.50. The maximum Gasteiger partial charge on any atom is 0.329 e. The summed E-state index contributed by atoms with van der Waals surface area (Å²) in [5.41, 5.74) is 2.36. The van der Waals surface area contributed by atoms with Crippen molar-refractivity contribution in [1.29, 1.82) is 0 Å². The number of hydrogen-bond acceptors (Lipinski definition) is 6. The molecule has 1 saturated heterocycles. The second-order valence-electron chi connectivity index (χ2n) is 7.70. The monoisotopic (exact) mass is 404 g/mol. The van der Waals surface area contributed by atoms with E-state index in [1.54, 1.807) is 45.0 Å². The first kappa shape index (κ1) is 22.4. The molecule has 0 spiro atoms. The van der Waals surface area contributed by atoms with E-state index < -0.39 is 17.4 Å². The third kappa shape index (κ3) is 8.73. The number of hydrazone groups is 1. The molecule has 0 aromatic heterocycles. The number of nitrogens with one attached hydrogen (secondary N) is 3. The molecule has 0 bridgehead atoms. The normalized spacial score (nSPS) is 16.4. The van der Waals surface area contributed by atoms with Gasteiger partial charge in [0.2, 0.25) is 0 Å². The van der Waals surface area contributed by atoms with E-state index in [9.17, 15) is 14.4 Å². The molecule has 9 nitrogen and oxygen atoms in total. The fraction of sp³-hybridized carbons (Fsp3) is 0.500. The van der Waals surface area contributed by atoms with Crippen molar-refractivity contribution in [2.75, 3.05) is 19.8 Å². The van der Waals surface area contributed by atoms with Crippen LogP contribution in [0.4, 0.5) is 0 Å². The first-order valence-electron chi connectivity index (χ1n) is 9.50. The third-order valence-corrected chi connectivity index (χ3v) is 3.88. The number of carbonyl (C=O) groups excluding carboxylic acids is 3. The number of nitrogens with zero attached hydrogens (tertiary/aromatic N) is 1. The summed E-state index contributed by atoms with van der Waals surface area (Å²) in [7, 11) is 0. The minimum atomic E-state index is -0.842. The highest BCUT2D eigenvalue weighted by Gasteiger charge is 2.19. The second-order valence-corrected chi connectivity index (χ2v) is 7.70. The van der Waals surface area contributed by atoms with Crippen molar-refractivity contribution in [2.45, 2.75) is 45.3 Å². The van der Waals surface area contributed by atoms with Crippen LogP contribution in [-0.4, -0.2) is 55.3 Å². The van der Waals surface area contributed by atoms with Crippen LogP contribution in [0.2, 0.25) is 0 Å². The highest BCUT2D eigenvalue weighted by atomic mass is 16.5. The van der Waals surface area contributed by atoms with Crippen LogP contribution in [0.25, 0.3) is 0 Å². The van der Waals surface area contributed by atoms with E-state index in [1.807, 2.05) is 0 Å². The lowest BCUT2D eigenvalue weighted by molar-refractivity contribution is -0.140. The molecular weight excluding hydrogens is 376 g/mol. The highest BCUT2D eigenvalue weighted by molar-refractivity contribution is 6.35. The zero-order valence-corrected chi connectivity index (χ0v) is 17.0. The Bertz CT molecular complexity index is 734. The zero-order chi connectivity index (χ0) is 21.3. The first-order chi connectivity index (χ1) is 13.7. The van der Waals surface area contributed by atoms with Crippen LogP contribution in [0, 0.1) is 0 Å². The topological polar surface area (TPSA) is 118 Å². The van der Waals surface area contributed by atoms with E-state index in [4.69, 9.17) is 9.47 Å². The van der Waals surface area contributed by atoms with Crippen LogP contribution in [0.5, 0.6) is 5.75 Å². The van der Waals surface area contributed by atoms with Gasteiger partial charge in [0, 0.05) is 18.7 Å². The lowest BCUT2D eigenvalue weighted by Crippen LogP contribution is -2.47. The van der Waals surface area contributed by atoms with E-state index >= 15 is 0 Å². The van der Waals surface area contributed by atoms with Crippen molar-refractivity contribution >= 4 is 23.9 Å². The van der Waals surface area contributed by atoms with Crippen molar-refractivity contribution in [3.63, 3.8) is 0 Å². The number of amides is 3. The van der Waals surface area contributed by atoms with Crippen LogP contribution in [-0.2, 0) is 19.1 Å². The summed E-state index contributed by atoms with van der Waals surface area (Å²) in [5.74, 6) is -1.27. The second kappa shape index (κ2) is 10.6. The molecule has 9 heteroatoms. The number of hydrogen-bond donors (Lipinski definition) is 3. The Morgan fingerprint density at radius 2 is 1.93 bits per heavy atom. The molecular formula is C20H28N4O5. The van der Waals surface area contributed by atoms with Crippen molar-refractivity contribution in [1.82, 2.24) is 16.1 Å². The van der Waals surface area contributed by atoms with Crippen molar-refractivity contribution in [3.8, 4) is 5.75 Å². The minimum absolute atomic E-state index is 0.0842. The van der Waals surface area contributed by atoms with Gasteiger partial charge in [-0.15, -0.1) is 0 Å². The van der Waals surface area contributed by atoms with Crippen LogP contribution in [0.15, 0.2) is 29.4 Å². The quantitative estimate of drug-likeness (QED) is 0.352. The number of carbonyl (C=O) groups is 3. The lowest BCUT2D eigenvalue weighted by atomic mass is 10.1. The van der Waals surface area contributed by atoms with E-state index in [0.717, 1.165) is 19.4 Å². The Labute approximate surface area is 170 Å². The highest BCUT2D eigenvalue weighted by Crippen LogP contribution is 2.12. The Kier molecular flexibility index (Phi) is 8.14. The summed E-state index contributed by atoms with van der Waals surface area (Å²) in [6.45, 7) is 6.49. The molecule has 3 N–H and O–H groups in total. The molecule has 1 aromatic rings. The maximum absolute atomic E-state index is 11.8. The van der Waals surface area contributed by atoms with Crippen molar-refractivity contribution in [3.05, 3.63) is 29.8 Å². The van der Waals surface area contributed by atoms with Crippen LogP contribution < -0.4 is 20.8 Å². The Hall–Kier alpha value is -2.94. The van der Waals surface area contributed by atoms with E-state index in [1.165, 1.54) is 6.21 Å². The molecule has 0 radical (unpaired) electrons. The molecule has 29 heavy (non-hydrogen) atoms. The van der Waals surface area contributed by atoms with Gasteiger partial charge in [-0.3, -0.25) is 14.4 Å². The average molecular weight is 404 g/mol. The predicted molar refractivity (Wildman–Crippen MR) is 108 cm³/mol. The lowest BCUT2D eigenvalue weighted by Gasteiger charge is -2.19. The summed E-state index contributed by atoms with van der Waals surface area (Å²) in [4.78, 5) is 35.1. The van der Waals surface area contributed by atoms with Gasteiger partial charge in [0.25, 0.3) is 5.91 Å². The summed E-state index contributed by atoms with van der Waals surface area (Å²) in [5, 5.41) is 9.08. The number of rotatable bonds is 7. The van der Waals surface area contributed by atoms with Crippen LogP contribution >= 0.6 is 0 Å². The maximum atomic E-state index is 11.8. The fourth-order valence-electron chi connectivity index (χ4n) is 2.50. The molecule has 0 saturated carbocycles. The van der Waals surface area contributed by atoms with Gasteiger partial charge in [-0.2, -0.15) is 5.10 Å². The summed E-state index contributed by atoms with van der Waals surface area (Å²) in [6.07, 6.45) is 3.49. The smallest absolute Gasteiger partial charge is 0.329 e. The number of benzene rings is 1. The molecule has 0 aliphatic carbocycles. The number of ether oxygens (including phenoxy) is 2. The Morgan fingerprint density at radius 1 is 1.21 bits per heavy atom. The molecule has 0 unspecified atom stereocenters. The summed E-state index contributed by atoms with van der Waals surface area (Å²) in [6, 6.07) is 6.79. The van der Waals surface area contributed by atoms with E-state index in [0.29, 0.717) is 17.9 Å². The van der Waals surface area contributed by atoms with Gasteiger partial charge in [0.1, 0.15) is 5.75 Å². The van der Waals surface area contributed by atoms with Crippen LogP contribution in [0.1, 0.15) is 39.2 Å². The van der Waals surface area contributed by atoms with Gasteiger partial charge < -0.3 is 20.1 Å². The van der Waals surface area contributed by atoms with Gasteiger partial charge >= 0.3 is 11.8 Å². The van der Waals surface area contributed by atoms with Gasteiger partial charge in [-0.1, -0.05) is 0 Å². The SMILES string of the molecule is CC(C)(C)NC(=O)C(=O)N/N=C\c1ccc(OCC(=O)NC[C@@H]2CCCO2)cc1.